The molecule has 8 heteroatoms. The largest absolute Gasteiger partial charge is 0.466 e. The number of carbonyl (C=O) groups is 2. The van der Waals surface area contributed by atoms with Crippen molar-refractivity contribution >= 4 is 11.9 Å². The van der Waals surface area contributed by atoms with E-state index in [0.717, 1.165) is 75.8 Å². The van der Waals surface area contributed by atoms with Crippen LogP contribution in [0.4, 0.5) is 0 Å². The van der Waals surface area contributed by atoms with Crippen LogP contribution >= 0.6 is 0 Å². The van der Waals surface area contributed by atoms with E-state index in [4.69, 9.17) is 28.4 Å². The lowest BCUT2D eigenvalue weighted by molar-refractivity contribution is -0.246. The maximum absolute atomic E-state index is 12.0. The van der Waals surface area contributed by atoms with Gasteiger partial charge >= 0.3 is 11.9 Å². The van der Waals surface area contributed by atoms with E-state index in [-0.39, 0.29) is 45.2 Å². The topological polar surface area (TPSA) is 89.5 Å². The van der Waals surface area contributed by atoms with Crippen molar-refractivity contribution in [2.75, 3.05) is 39.6 Å². The van der Waals surface area contributed by atoms with E-state index in [1.807, 2.05) is 0 Å². The van der Waals surface area contributed by atoms with Gasteiger partial charge < -0.3 is 28.4 Å². The monoisotopic (exact) mass is 696 g/mol. The zero-order valence-electron chi connectivity index (χ0n) is 31.4. The van der Waals surface area contributed by atoms with Crippen LogP contribution in [0.1, 0.15) is 130 Å². The first-order chi connectivity index (χ1) is 24.0. The Morgan fingerprint density at radius 3 is 1.54 bits per heavy atom. The normalized spacial score (nSPS) is 51.4. The molecule has 0 amide bonds. The van der Waals surface area contributed by atoms with Gasteiger partial charge in [0.05, 0.1) is 39.6 Å². The van der Waals surface area contributed by atoms with E-state index in [2.05, 4.69) is 27.7 Å². The molecule has 4 aliphatic heterocycles. The molecule has 10 aliphatic rings. The van der Waals surface area contributed by atoms with Crippen molar-refractivity contribution in [3.05, 3.63) is 0 Å². The average Bonchev–Trinajstić information content (AvgIpc) is 3.86. The summed E-state index contributed by atoms with van der Waals surface area (Å²) in [5.74, 6) is 4.92. The smallest absolute Gasteiger partial charge is 0.306 e. The lowest BCUT2D eigenvalue weighted by Gasteiger charge is -2.59. The van der Waals surface area contributed by atoms with Gasteiger partial charge in [0.2, 0.25) is 0 Å². The standard InChI is InChI=1S/2C21H32O4/c1-19-8-7-18(22)23-13-14(19)3-4-15-16(19)5-9-20(2)17(15)6-10-21(20)24-11-12-25-21;1-19-9-10-23-18(22)13-14(19)3-4-15-16(19)5-7-20(2)17(15)6-8-21(20)24-11-12-25-21/h2*14-17H,3-13H2,1-2H3/t2*14-,15+,16-,17-,19-,20-/m00/s1. The second-order valence-electron chi connectivity index (χ2n) is 19.6. The third kappa shape index (κ3) is 4.81. The Balaban J connectivity index is 0.000000135. The Morgan fingerprint density at radius 2 is 0.980 bits per heavy atom. The van der Waals surface area contributed by atoms with E-state index < -0.39 is 0 Å². The average molecular weight is 697 g/mol. The summed E-state index contributed by atoms with van der Waals surface area (Å²) in [5, 5.41) is 0. The molecule has 0 aromatic rings. The number of fused-ring (bicyclic) bond motifs is 12. The summed E-state index contributed by atoms with van der Waals surface area (Å²) in [6.45, 7) is 14.1. The summed E-state index contributed by atoms with van der Waals surface area (Å²) in [7, 11) is 0. The van der Waals surface area contributed by atoms with Crippen LogP contribution in [0, 0.1) is 69.0 Å². The van der Waals surface area contributed by atoms with Crippen LogP contribution in [-0.4, -0.2) is 63.2 Å². The van der Waals surface area contributed by atoms with Gasteiger partial charge in [0, 0.05) is 36.5 Å². The number of hydrogen-bond acceptors (Lipinski definition) is 8. The Kier molecular flexibility index (Phi) is 8.39. The molecule has 0 unspecified atom stereocenters. The predicted octanol–water partition coefficient (Wildman–Crippen LogP) is 7.85. The zero-order valence-corrected chi connectivity index (χ0v) is 31.4. The number of rotatable bonds is 0. The van der Waals surface area contributed by atoms with Gasteiger partial charge in [-0.1, -0.05) is 27.7 Å². The van der Waals surface area contributed by atoms with Gasteiger partial charge in [-0.2, -0.15) is 0 Å². The molecule has 10 rings (SSSR count). The number of hydrogen-bond donors (Lipinski definition) is 0. The molecule has 6 saturated carbocycles. The minimum atomic E-state index is -0.303. The first kappa shape index (κ1) is 34.5. The number of carbonyl (C=O) groups excluding carboxylic acids is 2. The number of esters is 2. The number of ether oxygens (including phenoxy) is 6. The van der Waals surface area contributed by atoms with Gasteiger partial charge in [0.25, 0.3) is 0 Å². The van der Waals surface area contributed by atoms with Crippen LogP contribution in [0.15, 0.2) is 0 Å². The van der Waals surface area contributed by atoms with Crippen molar-refractivity contribution in [2.45, 2.75) is 142 Å². The summed E-state index contributed by atoms with van der Waals surface area (Å²) in [6.07, 6.45) is 17.8. The second-order valence-corrected chi connectivity index (χ2v) is 19.6. The van der Waals surface area contributed by atoms with Gasteiger partial charge in [-0.25, -0.2) is 0 Å². The highest BCUT2D eigenvalue weighted by molar-refractivity contribution is 5.70. The van der Waals surface area contributed by atoms with Crippen LogP contribution in [0.2, 0.25) is 0 Å². The molecular weight excluding hydrogens is 632 g/mol. The van der Waals surface area contributed by atoms with E-state index in [1.54, 1.807) is 0 Å². The fraction of sp³-hybridized carbons (Fsp3) is 0.952. The number of cyclic esters (lactones) is 2. The maximum atomic E-state index is 12.0. The molecule has 8 nitrogen and oxygen atoms in total. The van der Waals surface area contributed by atoms with Crippen molar-refractivity contribution < 1.29 is 38.0 Å². The molecule has 4 saturated heterocycles. The fourth-order valence-corrected chi connectivity index (χ4v) is 15.5. The fourth-order valence-electron chi connectivity index (χ4n) is 15.5. The lowest BCUT2D eigenvalue weighted by Crippen LogP contribution is -2.56. The molecule has 0 N–H and O–H groups in total. The second kappa shape index (κ2) is 12.1. The molecule has 10 fully saturated rings. The lowest BCUT2D eigenvalue weighted by atomic mass is 9.46. The molecule has 50 heavy (non-hydrogen) atoms. The molecule has 0 bridgehead atoms. The van der Waals surface area contributed by atoms with Crippen LogP contribution in [0.5, 0.6) is 0 Å². The van der Waals surface area contributed by atoms with Gasteiger partial charge in [-0.15, -0.1) is 0 Å². The van der Waals surface area contributed by atoms with Crippen molar-refractivity contribution in [3.63, 3.8) is 0 Å². The van der Waals surface area contributed by atoms with Crippen LogP contribution in [0.3, 0.4) is 0 Å². The summed E-state index contributed by atoms with van der Waals surface area (Å²) in [5.41, 5.74) is 0.878. The van der Waals surface area contributed by atoms with E-state index in [0.29, 0.717) is 49.7 Å². The summed E-state index contributed by atoms with van der Waals surface area (Å²) < 4.78 is 35.9. The Bertz CT molecular complexity index is 1280. The maximum Gasteiger partial charge on any atom is 0.306 e. The van der Waals surface area contributed by atoms with Gasteiger partial charge in [-0.3, -0.25) is 9.59 Å². The summed E-state index contributed by atoms with van der Waals surface area (Å²) in [6, 6.07) is 0. The quantitative estimate of drug-likeness (QED) is 0.237. The van der Waals surface area contributed by atoms with Gasteiger partial charge in [0.1, 0.15) is 0 Å². The minimum Gasteiger partial charge on any atom is -0.466 e. The Labute approximate surface area is 300 Å². The van der Waals surface area contributed by atoms with Gasteiger partial charge in [0.15, 0.2) is 11.6 Å². The Hall–Kier alpha value is -1.22. The van der Waals surface area contributed by atoms with Crippen LogP contribution < -0.4 is 0 Å². The summed E-state index contributed by atoms with van der Waals surface area (Å²) in [4.78, 5) is 23.9. The zero-order chi connectivity index (χ0) is 34.6. The third-order valence-electron chi connectivity index (χ3n) is 18.4. The first-order valence-electron chi connectivity index (χ1n) is 20.8. The molecule has 6 aliphatic carbocycles. The molecule has 280 valence electrons. The highest BCUT2D eigenvalue weighted by Gasteiger charge is 2.68. The van der Waals surface area contributed by atoms with Crippen molar-refractivity contribution in [1.82, 2.24) is 0 Å². The molecular formula is C42H64O8. The summed E-state index contributed by atoms with van der Waals surface area (Å²) >= 11 is 0. The van der Waals surface area contributed by atoms with E-state index in [9.17, 15) is 9.59 Å². The predicted molar refractivity (Wildman–Crippen MR) is 185 cm³/mol. The molecule has 0 aromatic heterocycles. The molecule has 2 spiro atoms. The van der Waals surface area contributed by atoms with Crippen LogP contribution in [-0.2, 0) is 38.0 Å². The highest BCUT2D eigenvalue weighted by atomic mass is 16.7. The third-order valence-corrected chi connectivity index (χ3v) is 18.4. The van der Waals surface area contributed by atoms with Crippen molar-refractivity contribution in [1.29, 1.82) is 0 Å². The minimum absolute atomic E-state index is 0.0143. The highest BCUT2D eigenvalue weighted by Crippen LogP contribution is 2.70. The Morgan fingerprint density at radius 1 is 0.480 bits per heavy atom. The van der Waals surface area contributed by atoms with E-state index in [1.165, 1.54) is 64.2 Å². The van der Waals surface area contributed by atoms with Gasteiger partial charge in [-0.05, 0) is 135 Å². The van der Waals surface area contributed by atoms with Crippen molar-refractivity contribution in [3.8, 4) is 0 Å². The molecule has 0 aromatic carbocycles. The molecule has 0 radical (unpaired) electrons. The SMILES string of the molecule is C[C@]12CCC(=O)OC[C@@H]1CC[C@@H]1[C@@H]2CC[C@@]2(C)[C@H]1CCC21OCCO1.C[C@]12CCOC(=O)C[C@@H]1CC[C@@H]1[C@@H]2CC[C@@]2(C)[C@H]1CCC21OCCO1. The van der Waals surface area contributed by atoms with Crippen LogP contribution in [0.25, 0.3) is 0 Å². The molecule has 4 heterocycles. The molecule has 12 atom stereocenters. The van der Waals surface area contributed by atoms with Crippen molar-refractivity contribution in [2.24, 2.45) is 69.0 Å². The first-order valence-corrected chi connectivity index (χ1v) is 20.8. The van der Waals surface area contributed by atoms with E-state index >= 15 is 0 Å².